The molecule has 1 atom stereocenters. The van der Waals surface area contributed by atoms with E-state index in [4.69, 9.17) is 0 Å². The zero-order chi connectivity index (χ0) is 12.4. The number of nitrogens with one attached hydrogen (secondary N) is 1. The maximum atomic E-state index is 12.3. The molecule has 0 aliphatic heterocycles. The number of hydrogen-bond donors (Lipinski definition) is 1. The zero-order valence-corrected chi connectivity index (χ0v) is 8.50. The van der Waals surface area contributed by atoms with Crippen LogP contribution in [0.4, 0.5) is 26.3 Å². The molecular weight excluding hydrogens is 224 g/mol. The summed E-state index contributed by atoms with van der Waals surface area (Å²) in [4.78, 5) is 0. The van der Waals surface area contributed by atoms with E-state index in [9.17, 15) is 26.3 Å². The van der Waals surface area contributed by atoms with Gasteiger partial charge in [0, 0.05) is 6.04 Å². The average molecular weight is 237 g/mol. The number of rotatable bonds is 3. The Labute approximate surface area is 83.8 Å². The standard InChI is InChI=1S/C8H13F6N/c1-4(2)5(15-3)6(7(9,10)11)8(12,13)14/h4-6,15H,1-3H3. The van der Waals surface area contributed by atoms with Gasteiger partial charge in [0.25, 0.3) is 0 Å². The van der Waals surface area contributed by atoms with Crippen LogP contribution >= 0.6 is 0 Å². The van der Waals surface area contributed by atoms with Crippen LogP contribution in [0, 0.1) is 11.8 Å². The zero-order valence-electron chi connectivity index (χ0n) is 8.50. The van der Waals surface area contributed by atoms with Crippen LogP contribution in [0.15, 0.2) is 0 Å². The molecular formula is C8H13F6N. The summed E-state index contributed by atoms with van der Waals surface area (Å²) in [5.41, 5.74) is 0. The van der Waals surface area contributed by atoms with E-state index < -0.39 is 30.2 Å². The molecule has 0 aliphatic rings. The number of hydrogen-bond acceptors (Lipinski definition) is 1. The van der Waals surface area contributed by atoms with Crippen LogP contribution in [-0.2, 0) is 0 Å². The second-order valence-corrected chi connectivity index (χ2v) is 3.62. The first-order valence-electron chi connectivity index (χ1n) is 4.32. The first-order chi connectivity index (χ1) is 6.51. The first-order valence-corrected chi connectivity index (χ1v) is 4.32. The van der Waals surface area contributed by atoms with Crippen molar-refractivity contribution in [2.75, 3.05) is 7.05 Å². The molecule has 7 heteroatoms. The van der Waals surface area contributed by atoms with Crippen LogP contribution in [0.1, 0.15) is 13.8 Å². The van der Waals surface area contributed by atoms with Crippen molar-refractivity contribution in [1.82, 2.24) is 5.32 Å². The fourth-order valence-corrected chi connectivity index (χ4v) is 1.48. The van der Waals surface area contributed by atoms with E-state index in [0.29, 0.717) is 0 Å². The lowest BCUT2D eigenvalue weighted by Crippen LogP contribution is -2.52. The third kappa shape index (κ3) is 3.89. The Bertz CT molecular complexity index is 180. The lowest BCUT2D eigenvalue weighted by Gasteiger charge is -2.32. The predicted octanol–water partition coefficient (Wildman–Crippen LogP) is 2.97. The van der Waals surface area contributed by atoms with Crippen LogP contribution in [-0.4, -0.2) is 25.4 Å². The van der Waals surface area contributed by atoms with E-state index >= 15 is 0 Å². The molecule has 1 unspecified atom stereocenters. The Hall–Kier alpha value is -0.460. The molecule has 0 aromatic carbocycles. The molecule has 0 saturated heterocycles. The van der Waals surface area contributed by atoms with E-state index in [-0.39, 0.29) is 0 Å². The van der Waals surface area contributed by atoms with Gasteiger partial charge in [-0.15, -0.1) is 0 Å². The third-order valence-electron chi connectivity index (χ3n) is 2.12. The Morgan fingerprint density at radius 2 is 1.20 bits per heavy atom. The molecule has 15 heavy (non-hydrogen) atoms. The highest BCUT2D eigenvalue weighted by Gasteiger charge is 2.60. The fourth-order valence-electron chi connectivity index (χ4n) is 1.48. The Kier molecular flexibility index (Phi) is 4.45. The van der Waals surface area contributed by atoms with Crippen molar-refractivity contribution < 1.29 is 26.3 Å². The minimum atomic E-state index is -5.28. The predicted molar refractivity (Wildman–Crippen MR) is 43.3 cm³/mol. The summed E-state index contributed by atoms with van der Waals surface area (Å²) in [6.07, 6.45) is -10.6. The summed E-state index contributed by atoms with van der Waals surface area (Å²) >= 11 is 0. The highest BCUT2D eigenvalue weighted by molar-refractivity contribution is 4.88. The van der Waals surface area contributed by atoms with Gasteiger partial charge in [-0.25, -0.2) is 0 Å². The number of halogens is 6. The van der Waals surface area contributed by atoms with Crippen molar-refractivity contribution in [2.24, 2.45) is 11.8 Å². The highest BCUT2D eigenvalue weighted by Crippen LogP contribution is 2.42. The number of alkyl halides is 6. The van der Waals surface area contributed by atoms with Gasteiger partial charge >= 0.3 is 12.4 Å². The lowest BCUT2D eigenvalue weighted by atomic mass is 9.89. The van der Waals surface area contributed by atoms with E-state index in [2.05, 4.69) is 5.32 Å². The Morgan fingerprint density at radius 3 is 1.27 bits per heavy atom. The van der Waals surface area contributed by atoms with Crippen LogP contribution < -0.4 is 5.32 Å². The molecule has 0 spiro atoms. The summed E-state index contributed by atoms with van der Waals surface area (Å²) < 4.78 is 73.5. The normalized spacial score (nSPS) is 16.2. The van der Waals surface area contributed by atoms with Crippen molar-refractivity contribution in [2.45, 2.75) is 32.2 Å². The quantitative estimate of drug-likeness (QED) is 0.744. The van der Waals surface area contributed by atoms with Gasteiger partial charge in [0.2, 0.25) is 0 Å². The van der Waals surface area contributed by atoms with E-state index in [1.807, 2.05) is 0 Å². The van der Waals surface area contributed by atoms with Gasteiger partial charge in [-0.2, -0.15) is 26.3 Å². The summed E-state index contributed by atoms with van der Waals surface area (Å²) in [6.45, 7) is 2.62. The van der Waals surface area contributed by atoms with Gasteiger partial charge in [0.05, 0.1) is 0 Å². The molecule has 0 heterocycles. The largest absolute Gasteiger partial charge is 0.402 e. The van der Waals surface area contributed by atoms with Crippen LogP contribution in [0.3, 0.4) is 0 Å². The van der Waals surface area contributed by atoms with Crippen LogP contribution in [0.5, 0.6) is 0 Å². The van der Waals surface area contributed by atoms with Gasteiger partial charge in [0.1, 0.15) is 0 Å². The van der Waals surface area contributed by atoms with E-state index in [1.54, 1.807) is 0 Å². The average Bonchev–Trinajstić information content (AvgIpc) is 1.93. The van der Waals surface area contributed by atoms with Gasteiger partial charge in [-0.1, -0.05) is 13.8 Å². The van der Waals surface area contributed by atoms with Gasteiger partial charge in [0.15, 0.2) is 5.92 Å². The molecule has 0 saturated carbocycles. The van der Waals surface area contributed by atoms with Crippen LogP contribution in [0.2, 0.25) is 0 Å². The molecule has 0 aromatic heterocycles. The van der Waals surface area contributed by atoms with Crippen molar-refractivity contribution >= 4 is 0 Å². The molecule has 0 bridgehead atoms. The van der Waals surface area contributed by atoms with Gasteiger partial charge in [-0.3, -0.25) is 0 Å². The topological polar surface area (TPSA) is 12.0 Å². The van der Waals surface area contributed by atoms with Crippen molar-refractivity contribution in [3.63, 3.8) is 0 Å². The molecule has 0 radical (unpaired) electrons. The molecule has 0 aliphatic carbocycles. The van der Waals surface area contributed by atoms with Gasteiger partial charge < -0.3 is 5.32 Å². The second-order valence-electron chi connectivity index (χ2n) is 3.62. The molecule has 0 rings (SSSR count). The van der Waals surface area contributed by atoms with Gasteiger partial charge in [-0.05, 0) is 13.0 Å². The van der Waals surface area contributed by atoms with E-state index in [0.717, 1.165) is 7.05 Å². The molecule has 92 valence electrons. The van der Waals surface area contributed by atoms with Crippen molar-refractivity contribution in [3.8, 4) is 0 Å². The maximum Gasteiger partial charge on any atom is 0.402 e. The summed E-state index contributed by atoms with van der Waals surface area (Å²) in [6, 6.07) is -1.66. The Balaban J connectivity index is 5.10. The summed E-state index contributed by atoms with van der Waals surface area (Å²) in [7, 11) is 1.09. The first kappa shape index (κ1) is 14.5. The molecule has 1 N–H and O–H groups in total. The fraction of sp³-hybridized carbons (Fsp3) is 1.00. The SMILES string of the molecule is CNC(C(C)C)C(C(F)(F)F)C(F)(F)F. The molecule has 0 fully saturated rings. The highest BCUT2D eigenvalue weighted by atomic mass is 19.4. The molecule has 0 aromatic rings. The Morgan fingerprint density at radius 1 is 0.867 bits per heavy atom. The minimum absolute atomic E-state index is 0.761. The van der Waals surface area contributed by atoms with Crippen LogP contribution in [0.25, 0.3) is 0 Å². The monoisotopic (exact) mass is 237 g/mol. The third-order valence-corrected chi connectivity index (χ3v) is 2.12. The van der Waals surface area contributed by atoms with Crippen molar-refractivity contribution in [3.05, 3.63) is 0 Å². The molecule has 0 amide bonds. The summed E-state index contributed by atoms with van der Waals surface area (Å²) in [5, 5.41) is 2.07. The maximum absolute atomic E-state index is 12.3. The summed E-state index contributed by atoms with van der Waals surface area (Å²) in [5.74, 6) is -4.08. The van der Waals surface area contributed by atoms with Crippen molar-refractivity contribution in [1.29, 1.82) is 0 Å². The molecule has 1 nitrogen and oxygen atoms in total. The minimum Gasteiger partial charge on any atom is -0.316 e. The van der Waals surface area contributed by atoms with E-state index in [1.165, 1.54) is 13.8 Å². The lowest BCUT2D eigenvalue weighted by molar-refractivity contribution is -0.294. The second kappa shape index (κ2) is 4.59. The smallest absolute Gasteiger partial charge is 0.316 e.